The normalized spacial score (nSPS) is 13.7. The van der Waals surface area contributed by atoms with E-state index >= 15 is 0 Å². The van der Waals surface area contributed by atoms with Crippen LogP contribution < -0.4 is 11.5 Å². The molecule has 2 rings (SSSR count). The highest BCUT2D eigenvalue weighted by molar-refractivity contribution is 8.16. The van der Waals surface area contributed by atoms with E-state index in [1.807, 2.05) is 35.7 Å². The van der Waals surface area contributed by atoms with E-state index in [-0.39, 0.29) is 12.1 Å². The molecule has 2 atom stereocenters. The minimum atomic E-state index is 0.223. The lowest BCUT2D eigenvalue weighted by Gasteiger charge is -2.13. The van der Waals surface area contributed by atoms with Gasteiger partial charge >= 0.3 is 0 Å². The first kappa shape index (κ1) is 18.4. The molecule has 0 aliphatic rings. The summed E-state index contributed by atoms with van der Waals surface area (Å²) in [6.45, 7) is 0. The molecule has 0 aliphatic heterocycles. The summed E-state index contributed by atoms with van der Waals surface area (Å²) in [7, 11) is 0. The molecule has 0 fully saturated rings. The zero-order chi connectivity index (χ0) is 16.3. The van der Waals surface area contributed by atoms with E-state index in [1.165, 1.54) is 11.1 Å². The van der Waals surface area contributed by atoms with E-state index < -0.39 is 0 Å². The SMILES string of the molecule is NC(CSCSCC(N)Cc1ccccc1)Cc1ccccc1. The number of nitrogens with two attached hydrogens (primary N) is 2. The zero-order valence-corrected chi connectivity index (χ0v) is 15.1. The Morgan fingerprint density at radius 1 is 0.652 bits per heavy atom. The van der Waals surface area contributed by atoms with Gasteiger partial charge in [-0.2, -0.15) is 0 Å². The molecule has 23 heavy (non-hydrogen) atoms. The van der Waals surface area contributed by atoms with Crippen molar-refractivity contribution in [3.8, 4) is 0 Å². The number of rotatable bonds is 10. The highest BCUT2D eigenvalue weighted by atomic mass is 32.2. The Bertz CT molecular complexity index is 484. The third kappa shape index (κ3) is 7.93. The largest absolute Gasteiger partial charge is 0.327 e. The van der Waals surface area contributed by atoms with Crippen molar-refractivity contribution in [1.29, 1.82) is 0 Å². The predicted octanol–water partition coefficient (Wildman–Crippen LogP) is 3.55. The molecule has 4 heteroatoms. The van der Waals surface area contributed by atoms with E-state index in [9.17, 15) is 0 Å². The maximum atomic E-state index is 6.20. The van der Waals surface area contributed by atoms with Gasteiger partial charge in [-0.15, -0.1) is 23.5 Å². The molecule has 0 aromatic heterocycles. The number of benzene rings is 2. The van der Waals surface area contributed by atoms with Gasteiger partial charge in [0.2, 0.25) is 0 Å². The van der Waals surface area contributed by atoms with Gasteiger partial charge in [-0.05, 0) is 24.0 Å². The third-order valence-electron chi connectivity index (χ3n) is 3.51. The maximum Gasteiger partial charge on any atom is 0.0393 e. The van der Waals surface area contributed by atoms with Crippen LogP contribution >= 0.6 is 23.5 Å². The molecule has 0 aliphatic carbocycles. The Morgan fingerprint density at radius 3 is 1.43 bits per heavy atom. The summed E-state index contributed by atoms with van der Waals surface area (Å²) in [5.74, 6) is 1.99. The Labute approximate surface area is 148 Å². The standard InChI is InChI=1S/C19H26N2S2/c20-18(11-16-7-3-1-4-8-16)13-22-15-23-14-19(21)12-17-9-5-2-6-10-17/h1-10,18-19H,11-15,20-21H2. The Morgan fingerprint density at radius 2 is 1.04 bits per heavy atom. The zero-order valence-electron chi connectivity index (χ0n) is 13.4. The summed E-state index contributed by atoms with van der Waals surface area (Å²) in [5.41, 5.74) is 15.0. The van der Waals surface area contributed by atoms with Gasteiger partial charge in [0.1, 0.15) is 0 Å². The highest BCUT2D eigenvalue weighted by Crippen LogP contribution is 2.16. The fourth-order valence-corrected chi connectivity index (χ4v) is 4.49. The fraction of sp³-hybridized carbons (Fsp3) is 0.368. The van der Waals surface area contributed by atoms with Crippen molar-refractivity contribution in [2.45, 2.75) is 24.9 Å². The minimum Gasteiger partial charge on any atom is -0.327 e. The van der Waals surface area contributed by atoms with Crippen molar-refractivity contribution in [3.05, 3.63) is 71.8 Å². The van der Waals surface area contributed by atoms with E-state index in [0.29, 0.717) is 0 Å². The first-order chi connectivity index (χ1) is 11.2. The van der Waals surface area contributed by atoms with Crippen molar-refractivity contribution in [2.75, 3.05) is 16.6 Å². The second-order valence-corrected chi connectivity index (χ2v) is 8.19. The summed E-state index contributed by atoms with van der Waals surface area (Å²) in [6, 6.07) is 21.4. The average molecular weight is 347 g/mol. The van der Waals surface area contributed by atoms with Gasteiger partial charge in [0.25, 0.3) is 0 Å². The molecule has 0 saturated carbocycles. The van der Waals surface area contributed by atoms with E-state index in [2.05, 4.69) is 48.5 Å². The summed E-state index contributed by atoms with van der Waals surface area (Å²) in [6.07, 6.45) is 1.90. The lowest BCUT2D eigenvalue weighted by molar-refractivity contribution is 0.748. The van der Waals surface area contributed by atoms with Crippen LogP contribution in [0.15, 0.2) is 60.7 Å². The van der Waals surface area contributed by atoms with Crippen molar-refractivity contribution in [1.82, 2.24) is 0 Å². The first-order valence-electron chi connectivity index (χ1n) is 7.98. The van der Waals surface area contributed by atoms with Gasteiger partial charge < -0.3 is 11.5 Å². The molecule has 0 heterocycles. The maximum absolute atomic E-state index is 6.20. The van der Waals surface area contributed by atoms with Crippen molar-refractivity contribution >= 4 is 23.5 Å². The molecule has 0 radical (unpaired) electrons. The summed E-state index contributed by atoms with van der Waals surface area (Å²) in [5, 5.41) is 1.06. The van der Waals surface area contributed by atoms with Crippen molar-refractivity contribution in [3.63, 3.8) is 0 Å². The molecule has 0 saturated heterocycles. The Hall–Kier alpha value is -0.940. The van der Waals surface area contributed by atoms with Gasteiger partial charge in [0, 0.05) is 28.7 Å². The van der Waals surface area contributed by atoms with Gasteiger partial charge in [-0.1, -0.05) is 60.7 Å². The average Bonchev–Trinajstić information content (AvgIpc) is 2.56. The van der Waals surface area contributed by atoms with Crippen LogP contribution in [0.1, 0.15) is 11.1 Å². The van der Waals surface area contributed by atoms with Crippen LogP contribution in [0, 0.1) is 0 Å². The fourth-order valence-electron chi connectivity index (χ4n) is 2.41. The van der Waals surface area contributed by atoms with E-state index in [1.54, 1.807) is 0 Å². The van der Waals surface area contributed by atoms with Crippen LogP contribution in [0.2, 0.25) is 0 Å². The molecule has 0 amide bonds. The lowest BCUT2D eigenvalue weighted by Crippen LogP contribution is -2.26. The highest BCUT2D eigenvalue weighted by Gasteiger charge is 2.06. The van der Waals surface area contributed by atoms with Gasteiger partial charge in [0.05, 0.1) is 0 Å². The molecule has 0 spiro atoms. The third-order valence-corrected chi connectivity index (χ3v) is 6.17. The van der Waals surface area contributed by atoms with E-state index in [4.69, 9.17) is 11.5 Å². The number of hydrogen-bond donors (Lipinski definition) is 2. The topological polar surface area (TPSA) is 52.0 Å². The van der Waals surface area contributed by atoms with Crippen LogP contribution in [-0.4, -0.2) is 28.7 Å². The molecular weight excluding hydrogens is 320 g/mol. The Kier molecular flexibility index (Phi) is 8.61. The van der Waals surface area contributed by atoms with Gasteiger partial charge in [-0.3, -0.25) is 0 Å². The molecule has 0 bridgehead atoms. The molecule has 4 N–H and O–H groups in total. The second-order valence-electron chi connectivity index (χ2n) is 5.76. The van der Waals surface area contributed by atoms with Crippen LogP contribution in [0.3, 0.4) is 0 Å². The predicted molar refractivity (Wildman–Crippen MR) is 106 cm³/mol. The quantitative estimate of drug-likeness (QED) is 0.510. The summed E-state index contributed by atoms with van der Waals surface area (Å²) in [4.78, 5) is 0. The molecule has 2 aromatic carbocycles. The molecule has 2 aromatic rings. The molecular formula is C19H26N2S2. The van der Waals surface area contributed by atoms with Crippen LogP contribution in [-0.2, 0) is 12.8 Å². The van der Waals surface area contributed by atoms with Crippen LogP contribution in [0.4, 0.5) is 0 Å². The summed E-state index contributed by atoms with van der Waals surface area (Å²) < 4.78 is 0. The number of hydrogen-bond acceptors (Lipinski definition) is 4. The van der Waals surface area contributed by atoms with Crippen molar-refractivity contribution < 1.29 is 0 Å². The lowest BCUT2D eigenvalue weighted by atomic mass is 10.1. The second kappa shape index (κ2) is 10.8. The number of thioether (sulfide) groups is 2. The molecule has 124 valence electrons. The Balaban J connectivity index is 1.53. The first-order valence-corrected chi connectivity index (χ1v) is 10.3. The van der Waals surface area contributed by atoms with E-state index in [0.717, 1.165) is 29.4 Å². The molecule has 2 nitrogen and oxygen atoms in total. The summed E-state index contributed by atoms with van der Waals surface area (Å²) >= 11 is 3.82. The molecule has 2 unspecified atom stereocenters. The van der Waals surface area contributed by atoms with Gasteiger partial charge in [-0.25, -0.2) is 0 Å². The smallest absolute Gasteiger partial charge is 0.0393 e. The van der Waals surface area contributed by atoms with Crippen LogP contribution in [0.25, 0.3) is 0 Å². The van der Waals surface area contributed by atoms with Crippen molar-refractivity contribution in [2.24, 2.45) is 11.5 Å². The monoisotopic (exact) mass is 346 g/mol. The van der Waals surface area contributed by atoms with Crippen LogP contribution in [0.5, 0.6) is 0 Å². The van der Waals surface area contributed by atoms with Gasteiger partial charge in [0.15, 0.2) is 0 Å². The minimum absolute atomic E-state index is 0.223.